The molecule has 6 heteroatoms. The summed E-state index contributed by atoms with van der Waals surface area (Å²) >= 11 is 0. The molecule has 0 saturated heterocycles. The molecular weight excluding hydrogens is 274 g/mol. The lowest BCUT2D eigenvalue weighted by Gasteiger charge is -2.08. The smallest absolute Gasteiger partial charge is 0.336 e. The zero-order valence-corrected chi connectivity index (χ0v) is 11.4. The number of aromatic nitrogens is 1. The number of aromatic hydroxyl groups is 1. The molecule has 110 valence electrons. The van der Waals surface area contributed by atoms with Crippen LogP contribution in [0.25, 0.3) is 11.3 Å². The van der Waals surface area contributed by atoms with E-state index in [2.05, 4.69) is 11.7 Å². The number of aliphatic hydroxyl groups is 1. The van der Waals surface area contributed by atoms with Gasteiger partial charge in [0.15, 0.2) is 5.76 Å². The number of esters is 1. The number of ether oxygens (including phenoxy) is 1. The summed E-state index contributed by atoms with van der Waals surface area (Å²) in [7, 11) is 0. The van der Waals surface area contributed by atoms with Crippen molar-refractivity contribution >= 4 is 5.97 Å². The highest BCUT2D eigenvalue weighted by Crippen LogP contribution is 2.27. The van der Waals surface area contributed by atoms with Gasteiger partial charge >= 0.3 is 5.97 Å². The van der Waals surface area contributed by atoms with Crippen molar-refractivity contribution < 1.29 is 24.3 Å². The summed E-state index contributed by atoms with van der Waals surface area (Å²) in [6, 6.07) is 7.84. The van der Waals surface area contributed by atoms with Crippen molar-refractivity contribution in [3.05, 3.63) is 48.2 Å². The third-order valence-electron chi connectivity index (χ3n) is 2.83. The fourth-order valence-corrected chi connectivity index (χ4v) is 1.69. The van der Waals surface area contributed by atoms with E-state index in [9.17, 15) is 15.0 Å². The molecule has 0 amide bonds. The number of rotatable bonds is 5. The average Bonchev–Trinajstić information content (AvgIpc) is 2.96. The SMILES string of the molecule is C=C(C(=O)OCC)C(O)c1cc(-c2ccc(O)cc2)no1. The fraction of sp³-hybridized carbons (Fsp3) is 0.200. The first kappa shape index (κ1) is 14.8. The van der Waals surface area contributed by atoms with Gasteiger partial charge in [-0.3, -0.25) is 0 Å². The molecule has 1 aromatic heterocycles. The highest BCUT2D eigenvalue weighted by molar-refractivity contribution is 5.89. The van der Waals surface area contributed by atoms with Gasteiger partial charge in [0.05, 0.1) is 12.2 Å². The molecule has 0 spiro atoms. The summed E-state index contributed by atoms with van der Waals surface area (Å²) in [6.45, 7) is 5.35. The first-order valence-corrected chi connectivity index (χ1v) is 6.33. The van der Waals surface area contributed by atoms with Crippen molar-refractivity contribution in [2.75, 3.05) is 6.61 Å². The highest BCUT2D eigenvalue weighted by Gasteiger charge is 2.23. The molecule has 0 aliphatic rings. The molecule has 21 heavy (non-hydrogen) atoms. The van der Waals surface area contributed by atoms with Crippen LogP contribution in [0.1, 0.15) is 18.8 Å². The van der Waals surface area contributed by atoms with E-state index < -0.39 is 12.1 Å². The lowest BCUT2D eigenvalue weighted by molar-refractivity contribution is -0.139. The molecule has 1 heterocycles. The zero-order valence-electron chi connectivity index (χ0n) is 11.4. The minimum atomic E-state index is -1.32. The van der Waals surface area contributed by atoms with E-state index in [1.807, 2.05) is 0 Å². The molecule has 2 aromatic rings. The molecule has 1 atom stereocenters. The maximum atomic E-state index is 11.5. The molecule has 1 unspecified atom stereocenters. The number of phenolic OH excluding ortho intramolecular Hbond substituents is 1. The minimum Gasteiger partial charge on any atom is -0.508 e. The third-order valence-corrected chi connectivity index (χ3v) is 2.83. The van der Waals surface area contributed by atoms with E-state index in [4.69, 9.17) is 9.26 Å². The van der Waals surface area contributed by atoms with Gasteiger partial charge in [0.2, 0.25) is 0 Å². The van der Waals surface area contributed by atoms with E-state index >= 15 is 0 Å². The molecule has 0 aliphatic heterocycles. The Kier molecular flexibility index (Phi) is 4.39. The highest BCUT2D eigenvalue weighted by atomic mass is 16.5. The van der Waals surface area contributed by atoms with Crippen LogP contribution in [0.15, 0.2) is 47.0 Å². The second-order valence-corrected chi connectivity index (χ2v) is 4.31. The summed E-state index contributed by atoms with van der Waals surface area (Å²) < 4.78 is 9.79. The van der Waals surface area contributed by atoms with E-state index in [0.29, 0.717) is 11.3 Å². The van der Waals surface area contributed by atoms with E-state index in [1.54, 1.807) is 19.1 Å². The van der Waals surface area contributed by atoms with Crippen molar-refractivity contribution in [2.24, 2.45) is 0 Å². The van der Waals surface area contributed by atoms with Gasteiger partial charge in [-0.15, -0.1) is 0 Å². The van der Waals surface area contributed by atoms with Crippen molar-refractivity contribution in [1.29, 1.82) is 0 Å². The second kappa shape index (κ2) is 6.23. The Labute approximate surface area is 121 Å². The van der Waals surface area contributed by atoms with E-state index in [1.165, 1.54) is 18.2 Å². The van der Waals surface area contributed by atoms with Gasteiger partial charge in [0.25, 0.3) is 0 Å². The topological polar surface area (TPSA) is 92.8 Å². The van der Waals surface area contributed by atoms with Crippen molar-refractivity contribution in [3.8, 4) is 17.0 Å². The molecule has 1 aromatic carbocycles. The summed E-state index contributed by atoms with van der Waals surface area (Å²) in [5, 5.41) is 23.1. The van der Waals surface area contributed by atoms with Crippen LogP contribution in [0.5, 0.6) is 5.75 Å². The van der Waals surface area contributed by atoms with Crippen molar-refractivity contribution in [2.45, 2.75) is 13.0 Å². The quantitative estimate of drug-likeness (QED) is 0.647. The summed E-state index contributed by atoms with van der Waals surface area (Å²) in [5.41, 5.74) is 1.06. The van der Waals surface area contributed by atoms with Crippen molar-refractivity contribution in [1.82, 2.24) is 5.16 Å². The number of hydrogen-bond acceptors (Lipinski definition) is 6. The molecule has 0 aliphatic carbocycles. The molecule has 0 bridgehead atoms. The monoisotopic (exact) mass is 289 g/mol. The predicted octanol–water partition coefficient (Wildman–Crippen LogP) is 2.20. The second-order valence-electron chi connectivity index (χ2n) is 4.31. The van der Waals surface area contributed by atoms with Gasteiger partial charge < -0.3 is 19.5 Å². The fourth-order valence-electron chi connectivity index (χ4n) is 1.69. The van der Waals surface area contributed by atoms with Crippen LogP contribution >= 0.6 is 0 Å². The Morgan fingerprint density at radius 1 is 1.43 bits per heavy atom. The van der Waals surface area contributed by atoms with Crippen molar-refractivity contribution in [3.63, 3.8) is 0 Å². The van der Waals surface area contributed by atoms with Crippen LogP contribution in [-0.4, -0.2) is 27.9 Å². The minimum absolute atomic E-state index is 0.0936. The number of benzene rings is 1. The number of hydrogen-bond donors (Lipinski definition) is 2. The first-order valence-electron chi connectivity index (χ1n) is 6.33. The molecule has 0 saturated carbocycles. The molecule has 2 rings (SSSR count). The van der Waals surface area contributed by atoms with Gasteiger partial charge in [-0.2, -0.15) is 0 Å². The zero-order chi connectivity index (χ0) is 15.4. The maximum Gasteiger partial charge on any atom is 0.336 e. The number of carbonyl (C=O) groups is 1. The van der Waals surface area contributed by atoms with Crippen LogP contribution in [0.4, 0.5) is 0 Å². The standard InChI is InChI=1S/C15H15NO5/c1-3-20-15(19)9(2)14(18)13-8-12(16-21-13)10-4-6-11(17)7-5-10/h4-8,14,17-18H,2-3H2,1H3. The number of nitrogens with zero attached hydrogens (tertiary/aromatic N) is 1. The summed E-state index contributed by atoms with van der Waals surface area (Å²) in [4.78, 5) is 11.5. The normalized spacial score (nSPS) is 11.9. The Bertz CT molecular complexity index is 644. The Balaban J connectivity index is 2.17. The van der Waals surface area contributed by atoms with E-state index in [0.717, 1.165) is 0 Å². The largest absolute Gasteiger partial charge is 0.508 e. The summed E-state index contributed by atoms with van der Waals surface area (Å²) in [6.07, 6.45) is -1.32. The molecule has 0 radical (unpaired) electrons. The molecule has 6 nitrogen and oxygen atoms in total. The Hall–Kier alpha value is -2.60. The molecule has 2 N–H and O–H groups in total. The Morgan fingerprint density at radius 2 is 2.10 bits per heavy atom. The van der Waals surface area contributed by atoms with Gasteiger partial charge in [0.1, 0.15) is 17.5 Å². The van der Waals surface area contributed by atoms with E-state index in [-0.39, 0.29) is 23.7 Å². The predicted molar refractivity (Wildman–Crippen MR) is 74.3 cm³/mol. The van der Waals surface area contributed by atoms with Crippen LogP contribution in [0.3, 0.4) is 0 Å². The van der Waals surface area contributed by atoms with Gasteiger partial charge in [-0.1, -0.05) is 11.7 Å². The van der Waals surface area contributed by atoms with Gasteiger partial charge in [-0.05, 0) is 31.2 Å². The van der Waals surface area contributed by atoms with Gasteiger partial charge in [-0.25, -0.2) is 4.79 Å². The van der Waals surface area contributed by atoms with Crippen LogP contribution in [-0.2, 0) is 9.53 Å². The van der Waals surface area contributed by atoms with Gasteiger partial charge in [0, 0.05) is 11.6 Å². The number of aliphatic hydroxyl groups excluding tert-OH is 1. The first-order chi connectivity index (χ1) is 10.0. The van der Waals surface area contributed by atoms with Crippen LogP contribution in [0, 0.1) is 0 Å². The maximum absolute atomic E-state index is 11.5. The summed E-state index contributed by atoms with van der Waals surface area (Å²) in [5.74, 6) is -0.457. The molecular formula is C15H15NO5. The molecule has 0 fully saturated rings. The van der Waals surface area contributed by atoms with Crippen LogP contribution < -0.4 is 0 Å². The number of phenols is 1. The lowest BCUT2D eigenvalue weighted by atomic mass is 10.1. The lowest BCUT2D eigenvalue weighted by Crippen LogP contribution is -2.13. The Morgan fingerprint density at radius 3 is 2.71 bits per heavy atom. The third kappa shape index (κ3) is 3.29. The van der Waals surface area contributed by atoms with Crippen LogP contribution in [0.2, 0.25) is 0 Å². The number of carbonyl (C=O) groups excluding carboxylic acids is 1. The average molecular weight is 289 g/mol.